The zero-order valence-electron chi connectivity index (χ0n) is 11.5. The molecule has 0 fully saturated rings. The van der Waals surface area contributed by atoms with E-state index in [9.17, 15) is 4.79 Å². The molecule has 0 spiro atoms. The number of carbonyl (C=O) groups is 1. The molecule has 0 bridgehead atoms. The van der Waals surface area contributed by atoms with Gasteiger partial charge in [0.25, 0.3) is 5.91 Å². The maximum Gasteiger partial charge on any atom is 0.267 e. The molecule has 0 unspecified atom stereocenters. The molecule has 112 valence electrons. The Hall–Kier alpha value is -1.74. The molecule has 1 amide bonds. The maximum absolute atomic E-state index is 12.0. The van der Waals surface area contributed by atoms with E-state index in [1.54, 1.807) is 19.2 Å². The van der Waals surface area contributed by atoms with Crippen molar-refractivity contribution < 1.29 is 9.53 Å². The smallest absolute Gasteiger partial charge is 0.267 e. The molecule has 21 heavy (non-hydrogen) atoms. The van der Waals surface area contributed by atoms with Crippen LogP contribution in [0.25, 0.3) is 0 Å². The van der Waals surface area contributed by atoms with E-state index in [-0.39, 0.29) is 5.57 Å². The Kier molecular flexibility index (Phi) is 7.62. The zero-order chi connectivity index (χ0) is 15.7. The van der Waals surface area contributed by atoms with Gasteiger partial charge in [-0.25, -0.2) is 0 Å². The molecular formula is C14H15Cl2N3O2. The lowest BCUT2D eigenvalue weighted by Crippen LogP contribution is -2.18. The van der Waals surface area contributed by atoms with Gasteiger partial charge in [-0.1, -0.05) is 23.2 Å². The van der Waals surface area contributed by atoms with Crippen LogP contribution in [0.1, 0.15) is 6.42 Å². The van der Waals surface area contributed by atoms with Crippen LogP contribution in [0, 0.1) is 11.3 Å². The Labute approximate surface area is 133 Å². The first-order valence-electron chi connectivity index (χ1n) is 6.17. The highest BCUT2D eigenvalue weighted by atomic mass is 35.5. The number of halogens is 2. The molecule has 2 N–H and O–H groups in total. The summed E-state index contributed by atoms with van der Waals surface area (Å²) in [5.74, 6) is -0.555. The number of methoxy groups -OCH3 is 1. The van der Waals surface area contributed by atoms with E-state index >= 15 is 0 Å². The van der Waals surface area contributed by atoms with Crippen LogP contribution in [-0.2, 0) is 9.53 Å². The summed E-state index contributed by atoms with van der Waals surface area (Å²) in [5, 5.41) is 15.2. The molecule has 1 rings (SSSR count). The molecule has 0 heterocycles. The molecule has 0 atom stereocenters. The second kappa shape index (κ2) is 9.24. The van der Waals surface area contributed by atoms with Crippen LogP contribution in [0.2, 0.25) is 10.0 Å². The number of rotatable bonds is 7. The lowest BCUT2D eigenvalue weighted by Gasteiger charge is -2.07. The van der Waals surface area contributed by atoms with Crippen LogP contribution >= 0.6 is 23.2 Å². The summed E-state index contributed by atoms with van der Waals surface area (Å²) >= 11 is 11.8. The minimum Gasteiger partial charge on any atom is -0.390 e. The molecule has 0 radical (unpaired) electrons. The topological polar surface area (TPSA) is 74.1 Å². The predicted molar refractivity (Wildman–Crippen MR) is 83.3 cm³/mol. The van der Waals surface area contributed by atoms with Crippen LogP contribution in [-0.4, -0.2) is 26.2 Å². The molecule has 0 saturated carbocycles. The van der Waals surface area contributed by atoms with E-state index < -0.39 is 5.91 Å². The summed E-state index contributed by atoms with van der Waals surface area (Å²) in [6.45, 7) is 1.21. The maximum atomic E-state index is 12.0. The number of anilines is 1. The van der Waals surface area contributed by atoms with Crippen molar-refractivity contribution >= 4 is 34.8 Å². The van der Waals surface area contributed by atoms with Gasteiger partial charge in [0.1, 0.15) is 11.6 Å². The number of nitrogens with zero attached hydrogens (tertiary/aromatic N) is 1. The fraction of sp³-hybridized carbons (Fsp3) is 0.286. The van der Waals surface area contributed by atoms with Crippen molar-refractivity contribution in [3.05, 3.63) is 40.0 Å². The SMILES string of the molecule is COCCCN/C=C(/C#N)C(=O)Nc1cc(Cl)ccc1Cl. The monoisotopic (exact) mass is 327 g/mol. The molecule has 0 aromatic heterocycles. The third-order valence-electron chi connectivity index (χ3n) is 2.46. The third kappa shape index (κ3) is 6.05. The number of ether oxygens (including phenoxy) is 1. The summed E-state index contributed by atoms with van der Waals surface area (Å²) < 4.78 is 4.89. The minimum atomic E-state index is -0.555. The van der Waals surface area contributed by atoms with Gasteiger partial charge in [0.05, 0.1) is 10.7 Å². The van der Waals surface area contributed by atoms with Crippen LogP contribution in [0.5, 0.6) is 0 Å². The van der Waals surface area contributed by atoms with Gasteiger partial charge in [-0.3, -0.25) is 4.79 Å². The Morgan fingerprint density at radius 2 is 2.24 bits per heavy atom. The van der Waals surface area contributed by atoms with Gasteiger partial charge in [0.15, 0.2) is 0 Å². The molecule has 0 aliphatic rings. The second-order valence-corrected chi connectivity index (χ2v) is 4.89. The fourth-order valence-corrected chi connectivity index (χ4v) is 1.76. The largest absolute Gasteiger partial charge is 0.390 e. The Morgan fingerprint density at radius 3 is 2.90 bits per heavy atom. The second-order valence-electron chi connectivity index (χ2n) is 4.05. The van der Waals surface area contributed by atoms with Gasteiger partial charge in [0, 0.05) is 31.5 Å². The Bertz CT molecular complexity index is 568. The standard InChI is InChI=1S/C14H15Cl2N3O2/c1-21-6-2-5-18-9-10(8-17)14(20)19-13-7-11(15)3-4-12(13)16/h3-4,7,9,18H,2,5-6H2,1H3,(H,19,20)/b10-9-. The Balaban J connectivity index is 2.65. The van der Waals surface area contributed by atoms with Crippen molar-refractivity contribution in [3.8, 4) is 6.07 Å². The number of nitriles is 1. The molecule has 5 nitrogen and oxygen atoms in total. The first-order chi connectivity index (χ1) is 10.1. The average Bonchev–Trinajstić information content (AvgIpc) is 2.46. The van der Waals surface area contributed by atoms with Gasteiger partial charge in [-0.2, -0.15) is 5.26 Å². The van der Waals surface area contributed by atoms with Crippen LogP contribution < -0.4 is 10.6 Å². The lowest BCUT2D eigenvalue weighted by atomic mass is 10.2. The third-order valence-corrected chi connectivity index (χ3v) is 3.02. The van der Waals surface area contributed by atoms with Crippen LogP contribution in [0.4, 0.5) is 5.69 Å². The highest BCUT2D eigenvalue weighted by Crippen LogP contribution is 2.25. The van der Waals surface area contributed by atoms with Gasteiger partial charge in [0.2, 0.25) is 0 Å². The number of hydrogen-bond acceptors (Lipinski definition) is 4. The number of carbonyl (C=O) groups excluding carboxylic acids is 1. The predicted octanol–water partition coefficient (Wildman–Crippen LogP) is 2.97. The van der Waals surface area contributed by atoms with Crippen molar-refractivity contribution in [2.45, 2.75) is 6.42 Å². The number of hydrogen-bond donors (Lipinski definition) is 2. The van der Waals surface area contributed by atoms with E-state index in [4.69, 9.17) is 33.2 Å². The normalized spacial score (nSPS) is 10.9. The van der Waals surface area contributed by atoms with E-state index in [1.165, 1.54) is 12.3 Å². The van der Waals surface area contributed by atoms with E-state index in [1.807, 2.05) is 6.07 Å². The first-order valence-corrected chi connectivity index (χ1v) is 6.93. The summed E-state index contributed by atoms with van der Waals surface area (Å²) in [5.41, 5.74) is 0.304. The Morgan fingerprint density at radius 1 is 1.48 bits per heavy atom. The average molecular weight is 328 g/mol. The molecule has 0 saturated heterocycles. The zero-order valence-corrected chi connectivity index (χ0v) is 13.0. The van der Waals surface area contributed by atoms with Gasteiger partial charge in [-0.05, 0) is 24.6 Å². The summed E-state index contributed by atoms with van der Waals surface area (Å²) in [6.07, 6.45) is 2.14. The molecule has 1 aromatic carbocycles. The van der Waals surface area contributed by atoms with Gasteiger partial charge in [-0.15, -0.1) is 0 Å². The molecule has 0 aliphatic carbocycles. The van der Waals surface area contributed by atoms with Crippen molar-refractivity contribution in [2.75, 3.05) is 25.6 Å². The van der Waals surface area contributed by atoms with Gasteiger partial charge < -0.3 is 15.4 Å². The molecule has 7 heteroatoms. The number of nitrogens with one attached hydrogen (secondary N) is 2. The van der Waals surface area contributed by atoms with E-state index in [0.717, 1.165) is 6.42 Å². The number of amides is 1. The quantitative estimate of drug-likeness (QED) is 0.458. The number of benzene rings is 1. The minimum absolute atomic E-state index is 0.0524. The lowest BCUT2D eigenvalue weighted by molar-refractivity contribution is -0.112. The van der Waals surface area contributed by atoms with Crippen molar-refractivity contribution in [2.24, 2.45) is 0 Å². The van der Waals surface area contributed by atoms with E-state index in [2.05, 4.69) is 10.6 Å². The summed E-state index contributed by atoms with van der Waals surface area (Å²) in [7, 11) is 1.61. The summed E-state index contributed by atoms with van der Waals surface area (Å²) in [6, 6.07) is 6.52. The fourth-order valence-electron chi connectivity index (χ4n) is 1.42. The molecule has 0 aliphatic heterocycles. The van der Waals surface area contributed by atoms with Crippen LogP contribution in [0.3, 0.4) is 0 Å². The molecular weight excluding hydrogens is 313 g/mol. The van der Waals surface area contributed by atoms with Gasteiger partial charge >= 0.3 is 0 Å². The summed E-state index contributed by atoms with van der Waals surface area (Å²) in [4.78, 5) is 12.0. The van der Waals surface area contributed by atoms with Crippen LogP contribution in [0.15, 0.2) is 30.0 Å². The highest BCUT2D eigenvalue weighted by molar-refractivity contribution is 6.35. The molecule has 1 aromatic rings. The van der Waals surface area contributed by atoms with Crippen molar-refractivity contribution in [1.82, 2.24) is 5.32 Å². The first kappa shape index (κ1) is 17.3. The van der Waals surface area contributed by atoms with Crippen molar-refractivity contribution in [3.63, 3.8) is 0 Å². The highest BCUT2D eigenvalue weighted by Gasteiger charge is 2.11. The van der Waals surface area contributed by atoms with Crippen molar-refractivity contribution in [1.29, 1.82) is 5.26 Å². The van der Waals surface area contributed by atoms with E-state index in [0.29, 0.717) is 28.9 Å².